The lowest BCUT2D eigenvalue weighted by Crippen LogP contribution is -2.21. The van der Waals surface area contributed by atoms with Gasteiger partial charge in [0.2, 0.25) is 11.8 Å². The lowest BCUT2D eigenvalue weighted by Gasteiger charge is -2.07. The first-order valence-corrected chi connectivity index (χ1v) is 8.71. The third-order valence-corrected chi connectivity index (χ3v) is 4.54. The maximum absolute atomic E-state index is 11.9. The van der Waals surface area contributed by atoms with E-state index in [1.807, 2.05) is 17.5 Å². The van der Waals surface area contributed by atoms with Gasteiger partial charge in [0.05, 0.1) is 16.4 Å². The van der Waals surface area contributed by atoms with Crippen molar-refractivity contribution >= 4 is 57.8 Å². The Bertz CT molecular complexity index is 761. The molecule has 0 atom stereocenters. The lowest BCUT2D eigenvalue weighted by atomic mass is 10.2. The van der Waals surface area contributed by atoms with Crippen molar-refractivity contribution in [1.29, 1.82) is 0 Å². The van der Waals surface area contributed by atoms with Crippen LogP contribution in [-0.2, 0) is 9.59 Å². The van der Waals surface area contributed by atoms with Crippen LogP contribution in [0.15, 0.2) is 40.8 Å². The molecule has 0 unspecified atom stereocenters. The highest BCUT2D eigenvalue weighted by molar-refractivity contribution is 7.12. The van der Waals surface area contributed by atoms with Crippen LogP contribution in [0.1, 0.15) is 24.6 Å². The fourth-order valence-corrected chi connectivity index (χ4v) is 2.91. The van der Waals surface area contributed by atoms with Crippen LogP contribution in [0, 0.1) is 0 Å². The van der Waals surface area contributed by atoms with E-state index in [9.17, 15) is 9.59 Å². The Morgan fingerprint density at radius 3 is 2.58 bits per heavy atom. The predicted octanol–water partition coefficient (Wildman–Crippen LogP) is 4.31. The Balaban J connectivity index is 1.79. The molecule has 126 valence electrons. The molecule has 0 aliphatic rings. The average molecular weight is 384 g/mol. The summed E-state index contributed by atoms with van der Waals surface area (Å²) in [5, 5.41) is 9.41. The molecular weight excluding hydrogens is 369 g/mol. The van der Waals surface area contributed by atoms with Crippen LogP contribution in [-0.4, -0.2) is 17.5 Å². The molecule has 0 fully saturated rings. The van der Waals surface area contributed by atoms with E-state index in [-0.39, 0.29) is 24.7 Å². The number of amides is 2. The number of rotatable bonds is 6. The van der Waals surface area contributed by atoms with Gasteiger partial charge in [-0.2, -0.15) is 5.10 Å². The highest BCUT2D eigenvalue weighted by Crippen LogP contribution is 2.25. The van der Waals surface area contributed by atoms with Gasteiger partial charge in [0.1, 0.15) is 0 Å². The van der Waals surface area contributed by atoms with E-state index in [2.05, 4.69) is 15.8 Å². The standard InChI is InChI=1S/C16H15Cl2N3O2S/c1-10(14-3-2-8-24-14)20-21-16(23)7-6-15(22)19-13-5-4-11(17)9-12(13)18/h2-5,8-9H,6-7H2,1H3,(H,19,22)(H,21,23)/b20-10+. The fourth-order valence-electron chi connectivity index (χ4n) is 1.77. The number of carbonyl (C=O) groups excluding carboxylic acids is 2. The summed E-state index contributed by atoms with van der Waals surface area (Å²) in [6.07, 6.45) is 0.0522. The highest BCUT2D eigenvalue weighted by Gasteiger charge is 2.09. The number of hydrazone groups is 1. The van der Waals surface area contributed by atoms with Gasteiger partial charge in [0, 0.05) is 22.7 Å². The molecule has 0 saturated heterocycles. The van der Waals surface area contributed by atoms with Gasteiger partial charge in [0.15, 0.2) is 0 Å². The van der Waals surface area contributed by atoms with Crippen LogP contribution in [0.4, 0.5) is 5.69 Å². The molecule has 2 N–H and O–H groups in total. The number of halogens is 2. The van der Waals surface area contributed by atoms with Crippen molar-refractivity contribution in [3.8, 4) is 0 Å². The zero-order valence-corrected chi connectivity index (χ0v) is 15.1. The first-order valence-electron chi connectivity index (χ1n) is 7.07. The minimum atomic E-state index is -0.330. The molecule has 24 heavy (non-hydrogen) atoms. The summed E-state index contributed by atoms with van der Waals surface area (Å²) in [6, 6.07) is 8.59. The van der Waals surface area contributed by atoms with Crippen LogP contribution in [0.2, 0.25) is 10.0 Å². The molecule has 8 heteroatoms. The molecule has 0 aliphatic carbocycles. The molecule has 1 aromatic carbocycles. The molecule has 2 rings (SSSR count). The van der Waals surface area contributed by atoms with Gasteiger partial charge in [-0.15, -0.1) is 11.3 Å². The Kier molecular flexibility index (Phi) is 6.78. The number of nitrogens with one attached hydrogen (secondary N) is 2. The second-order valence-electron chi connectivity index (χ2n) is 4.88. The molecule has 1 aromatic heterocycles. The van der Waals surface area contributed by atoms with Gasteiger partial charge in [-0.25, -0.2) is 5.43 Å². The monoisotopic (exact) mass is 383 g/mol. The average Bonchev–Trinajstić information content (AvgIpc) is 3.08. The maximum atomic E-state index is 11.9. The second-order valence-corrected chi connectivity index (χ2v) is 6.67. The fraction of sp³-hybridized carbons (Fsp3) is 0.188. The number of benzene rings is 1. The van der Waals surface area contributed by atoms with Crippen molar-refractivity contribution in [3.63, 3.8) is 0 Å². The summed E-state index contributed by atoms with van der Waals surface area (Å²) in [5.74, 6) is -0.642. The van der Waals surface area contributed by atoms with Crippen molar-refractivity contribution in [2.45, 2.75) is 19.8 Å². The van der Waals surface area contributed by atoms with Crippen molar-refractivity contribution in [1.82, 2.24) is 5.43 Å². The third-order valence-electron chi connectivity index (χ3n) is 3.01. The van der Waals surface area contributed by atoms with Crippen LogP contribution < -0.4 is 10.7 Å². The summed E-state index contributed by atoms with van der Waals surface area (Å²) in [7, 11) is 0. The van der Waals surface area contributed by atoms with E-state index in [4.69, 9.17) is 23.2 Å². The quantitative estimate of drug-likeness (QED) is 0.575. The summed E-state index contributed by atoms with van der Waals surface area (Å²) in [5.41, 5.74) is 3.62. The first-order chi connectivity index (χ1) is 11.5. The first kappa shape index (κ1) is 18.4. The van der Waals surface area contributed by atoms with Gasteiger partial charge < -0.3 is 5.32 Å². The minimum absolute atomic E-state index is 0.0261. The van der Waals surface area contributed by atoms with Gasteiger partial charge in [-0.3, -0.25) is 9.59 Å². The van der Waals surface area contributed by atoms with Crippen LogP contribution in [0.3, 0.4) is 0 Å². The van der Waals surface area contributed by atoms with Gasteiger partial charge in [-0.1, -0.05) is 29.3 Å². The van der Waals surface area contributed by atoms with Crippen molar-refractivity contribution in [2.75, 3.05) is 5.32 Å². The Morgan fingerprint density at radius 2 is 1.92 bits per heavy atom. The van der Waals surface area contributed by atoms with E-state index in [0.29, 0.717) is 15.7 Å². The second kappa shape index (κ2) is 8.82. The zero-order chi connectivity index (χ0) is 17.5. The van der Waals surface area contributed by atoms with Crippen LogP contribution in [0.5, 0.6) is 0 Å². The largest absolute Gasteiger partial charge is 0.325 e. The van der Waals surface area contributed by atoms with E-state index < -0.39 is 0 Å². The lowest BCUT2D eigenvalue weighted by molar-refractivity contribution is -0.124. The number of thiophene rings is 1. The summed E-state index contributed by atoms with van der Waals surface area (Å²) in [6.45, 7) is 1.81. The molecule has 0 bridgehead atoms. The van der Waals surface area contributed by atoms with E-state index in [0.717, 1.165) is 10.6 Å². The summed E-state index contributed by atoms with van der Waals surface area (Å²) in [4.78, 5) is 24.6. The maximum Gasteiger partial charge on any atom is 0.240 e. The van der Waals surface area contributed by atoms with E-state index in [1.54, 1.807) is 19.1 Å². The van der Waals surface area contributed by atoms with Gasteiger partial charge in [-0.05, 0) is 36.6 Å². The van der Waals surface area contributed by atoms with Crippen LogP contribution in [0.25, 0.3) is 0 Å². The van der Waals surface area contributed by atoms with Gasteiger partial charge in [0.25, 0.3) is 0 Å². The molecule has 2 amide bonds. The highest BCUT2D eigenvalue weighted by atomic mass is 35.5. The molecular formula is C16H15Cl2N3O2S. The summed E-state index contributed by atoms with van der Waals surface area (Å²) >= 11 is 13.3. The molecule has 2 aromatic rings. The molecule has 5 nitrogen and oxygen atoms in total. The Morgan fingerprint density at radius 1 is 1.17 bits per heavy atom. The summed E-state index contributed by atoms with van der Waals surface area (Å²) < 4.78 is 0. The number of carbonyl (C=O) groups is 2. The third kappa shape index (κ3) is 5.63. The van der Waals surface area contributed by atoms with E-state index in [1.165, 1.54) is 17.4 Å². The number of hydrogen-bond acceptors (Lipinski definition) is 4. The predicted molar refractivity (Wildman–Crippen MR) is 99.0 cm³/mol. The molecule has 0 spiro atoms. The van der Waals surface area contributed by atoms with Crippen molar-refractivity contribution in [3.05, 3.63) is 50.6 Å². The molecule has 0 radical (unpaired) electrons. The number of anilines is 1. The number of nitrogens with zero attached hydrogens (tertiary/aromatic N) is 1. The topological polar surface area (TPSA) is 70.6 Å². The molecule has 0 saturated carbocycles. The Labute approximate surface area is 153 Å². The minimum Gasteiger partial charge on any atom is -0.325 e. The van der Waals surface area contributed by atoms with Crippen LogP contribution >= 0.6 is 34.5 Å². The van der Waals surface area contributed by atoms with Gasteiger partial charge >= 0.3 is 0 Å². The zero-order valence-electron chi connectivity index (χ0n) is 12.8. The van der Waals surface area contributed by atoms with Crippen molar-refractivity contribution in [2.24, 2.45) is 5.10 Å². The molecule has 0 aliphatic heterocycles. The Hall–Kier alpha value is -1.89. The smallest absolute Gasteiger partial charge is 0.240 e. The normalized spacial score (nSPS) is 11.2. The molecule has 1 heterocycles. The van der Waals surface area contributed by atoms with Crippen molar-refractivity contribution < 1.29 is 9.59 Å². The SMILES string of the molecule is C/C(=N\NC(=O)CCC(=O)Nc1ccc(Cl)cc1Cl)c1cccs1. The number of hydrogen-bond donors (Lipinski definition) is 2. The van der Waals surface area contributed by atoms with E-state index >= 15 is 0 Å².